The number of hydrogen-bond acceptors (Lipinski definition) is 3. The largest absolute Gasteiger partial charge is 0.353 e. The molecule has 0 saturated carbocycles. The van der Waals surface area contributed by atoms with Gasteiger partial charge in [0.15, 0.2) is 0 Å². The number of nitrogens with one attached hydrogen (secondary N) is 2. The first-order valence-electron chi connectivity index (χ1n) is 6.82. The predicted octanol–water partition coefficient (Wildman–Crippen LogP) is 2.56. The van der Waals surface area contributed by atoms with Crippen LogP contribution in [0.5, 0.6) is 0 Å². The van der Waals surface area contributed by atoms with Crippen molar-refractivity contribution in [2.75, 3.05) is 12.0 Å². The van der Waals surface area contributed by atoms with E-state index in [1.807, 2.05) is 0 Å². The highest BCUT2D eigenvalue weighted by atomic mass is 32.2. The average molecular weight is 272 g/mol. The monoisotopic (exact) mass is 272 g/mol. The van der Waals surface area contributed by atoms with Crippen molar-refractivity contribution >= 4 is 17.7 Å². The molecule has 0 unspecified atom stereocenters. The van der Waals surface area contributed by atoms with Gasteiger partial charge in [-0.05, 0) is 59.0 Å². The van der Waals surface area contributed by atoms with Crippen LogP contribution in [0.4, 0.5) is 0 Å². The Labute approximate surface area is 116 Å². The summed E-state index contributed by atoms with van der Waals surface area (Å²) in [6, 6.07) is 0.304. The van der Waals surface area contributed by atoms with Gasteiger partial charge in [0.25, 0.3) is 0 Å². The lowest BCUT2D eigenvalue weighted by atomic mass is 9.79. The summed E-state index contributed by atoms with van der Waals surface area (Å²) in [4.78, 5) is 11.9. The summed E-state index contributed by atoms with van der Waals surface area (Å²) >= 11 is 1.80. The third-order valence-electron chi connectivity index (χ3n) is 3.31. The molecule has 0 spiro atoms. The SMILES string of the molecule is CSCCCC(=O)NC1CC(C)(C)NC(C)(C)C1. The highest BCUT2D eigenvalue weighted by Gasteiger charge is 2.37. The highest BCUT2D eigenvalue weighted by molar-refractivity contribution is 7.98. The van der Waals surface area contributed by atoms with Crippen LogP contribution in [0.3, 0.4) is 0 Å². The molecule has 1 saturated heterocycles. The predicted molar refractivity (Wildman–Crippen MR) is 80.1 cm³/mol. The van der Waals surface area contributed by atoms with Crippen molar-refractivity contribution in [3.8, 4) is 0 Å². The summed E-state index contributed by atoms with van der Waals surface area (Å²) in [6.07, 6.45) is 5.72. The van der Waals surface area contributed by atoms with Gasteiger partial charge >= 0.3 is 0 Å². The van der Waals surface area contributed by atoms with Gasteiger partial charge < -0.3 is 10.6 Å². The summed E-state index contributed by atoms with van der Waals surface area (Å²) in [7, 11) is 0. The number of amides is 1. The maximum atomic E-state index is 11.9. The topological polar surface area (TPSA) is 41.1 Å². The molecule has 0 atom stereocenters. The Kier molecular flexibility index (Phi) is 5.53. The molecule has 1 aliphatic rings. The van der Waals surface area contributed by atoms with Crippen molar-refractivity contribution in [1.82, 2.24) is 10.6 Å². The van der Waals surface area contributed by atoms with Crippen LogP contribution in [0, 0.1) is 0 Å². The van der Waals surface area contributed by atoms with E-state index in [0.717, 1.165) is 25.0 Å². The normalized spacial score (nSPS) is 22.7. The quantitative estimate of drug-likeness (QED) is 0.756. The minimum atomic E-state index is 0.0962. The zero-order valence-corrected chi connectivity index (χ0v) is 13.2. The van der Waals surface area contributed by atoms with Crippen LogP contribution >= 0.6 is 11.8 Å². The van der Waals surface area contributed by atoms with Gasteiger partial charge in [-0.3, -0.25) is 4.79 Å². The van der Waals surface area contributed by atoms with Gasteiger partial charge in [-0.15, -0.1) is 0 Å². The van der Waals surface area contributed by atoms with Crippen molar-refractivity contribution in [1.29, 1.82) is 0 Å². The number of piperidine rings is 1. The minimum absolute atomic E-state index is 0.0962. The van der Waals surface area contributed by atoms with Crippen LogP contribution in [0.2, 0.25) is 0 Å². The fraction of sp³-hybridized carbons (Fsp3) is 0.929. The lowest BCUT2D eigenvalue weighted by Crippen LogP contribution is -2.62. The lowest BCUT2D eigenvalue weighted by molar-refractivity contribution is -0.122. The van der Waals surface area contributed by atoms with Crippen molar-refractivity contribution in [3.63, 3.8) is 0 Å². The molecular formula is C14H28N2OS. The van der Waals surface area contributed by atoms with Gasteiger partial charge in [-0.2, -0.15) is 11.8 Å². The van der Waals surface area contributed by atoms with E-state index in [-0.39, 0.29) is 17.0 Å². The summed E-state index contributed by atoms with van der Waals surface area (Å²) < 4.78 is 0. The maximum absolute atomic E-state index is 11.9. The molecule has 0 radical (unpaired) electrons. The molecule has 3 nitrogen and oxygen atoms in total. The second-order valence-electron chi connectivity index (χ2n) is 6.66. The molecule has 0 aliphatic carbocycles. The summed E-state index contributed by atoms with van der Waals surface area (Å²) in [6.45, 7) is 8.84. The van der Waals surface area contributed by atoms with Crippen molar-refractivity contribution in [2.24, 2.45) is 0 Å². The van der Waals surface area contributed by atoms with Gasteiger partial charge in [0.1, 0.15) is 0 Å². The zero-order valence-electron chi connectivity index (χ0n) is 12.4. The van der Waals surface area contributed by atoms with Gasteiger partial charge in [-0.25, -0.2) is 0 Å². The maximum Gasteiger partial charge on any atom is 0.220 e. The van der Waals surface area contributed by atoms with E-state index < -0.39 is 0 Å². The third kappa shape index (κ3) is 5.61. The summed E-state index contributed by atoms with van der Waals surface area (Å²) in [5, 5.41) is 6.83. The first kappa shape index (κ1) is 15.8. The van der Waals surface area contributed by atoms with E-state index in [2.05, 4.69) is 44.6 Å². The van der Waals surface area contributed by atoms with Gasteiger partial charge in [0.05, 0.1) is 0 Å². The molecule has 1 aliphatic heterocycles. The van der Waals surface area contributed by atoms with E-state index >= 15 is 0 Å². The number of rotatable bonds is 5. The molecule has 0 aromatic rings. The Hall–Kier alpha value is -0.220. The average Bonchev–Trinajstić information content (AvgIpc) is 2.12. The van der Waals surface area contributed by atoms with Gasteiger partial charge in [0.2, 0.25) is 5.91 Å². The molecule has 0 aromatic heterocycles. The highest BCUT2D eigenvalue weighted by Crippen LogP contribution is 2.28. The number of carbonyl (C=O) groups excluding carboxylic acids is 1. The standard InChI is InChI=1S/C14H28N2OS/c1-13(2)9-11(10-14(3,4)16-13)15-12(17)7-6-8-18-5/h11,16H,6-10H2,1-5H3,(H,15,17). The third-order valence-corrected chi connectivity index (χ3v) is 4.00. The van der Waals surface area contributed by atoms with Crippen LogP contribution in [0.25, 0.3) is 0 Å². The number of carbonyl (C=O) groups is 1. The van der Waals surface area contributed by atoms with Gasteiger partial charge in [0, 0.05) is 23.5 Å². The Morgan fingerprint density at radius 2 is 1.83 bits per heavy atom. The first-order chi connectivity index (χ1) is 8.24. The summed E-state index contributed by atoms with van der Waals surface area (Å²) in [5.41, 5.74) is 0.192. The lowest BCUT2D eigenvalue weighted by Gasteiger charge is -2.46. The van der Waals surface area contributed by atoms with E-state index in [0.29, 0.717) is 12.5 Å². The molecule has 1 amide bonds. The number of hydrogen-bond donors (Lipinski definition) is 2. The molecule has 4 heteroatoms. The van der Waals surface area contributed by atoms with E-state index in [1.165, 1.54) is 0 Å². The van der Waals surface area contributed by atoms with Crippen molar-refractivity contribution in [2.45, 2.75) is 70.5 Å². The second-order valence-corrected chi connectivity index (χ2v) is 7.65. The summed E-state index contributed by atoms with van der Waals surface area (Å²) in [5.74, 6) is 1.28. The fourth-order valence-electron chi connectivity index (χ4n) is 3.10. The Morgan fingerprint density at radius 3 is 2.33 bits per heavy atom. The van der Waals surface area contributed by atoms with Crippen LogP contribution in [-0.2, 0) is 4.79 Å². The van der Waals surface area contributed by atoms with Crippen LogP contribution in [0.15, 0.2) is 0 Å². The zero-order chi connectivity index (χ0) is 13.8. The van der Waals surface area contributed by atoms with E-state index in [4.69, 9.17) is 0 Å². The minimum Gasteiger partial charge on any atom is -0.353 e. The Bertz CT molecular complexity index is 274. The van der Waals surface area contributed by atoms with Crippen LogP contribution in [0.1, 0.15) is 53.4 Å². The van der Waals surface area contributed by atoms with E-state index in [9.17, 15) is 4.79 Å². The van der Waals surface area contributed by atoms with Crippen molar-refractivity contribution in [3.05, 3.63) is 0 Å². The molecule has 0 bridgehead atoms. The molecule has 18 heavy (non-hydrogen) atoms. The van der Waals surface area contributed by atoms with Crippen molar-refractivity contribution < 1.29 is 4.79 Å². The van der Waals surface area contributed by atoms with Gasteiger partial charge in [-0.1, -0.05) is 0 Å². The molecule has 0 aromatic carbocycles. The first-order valence-corrected chi connectivity index (χ1v) is 8.21. The van der Waals surface area contributed by atoms with Crippen LogP contribution < -0.4 is 10.6 Å². The molecule has 1 rings (SSSR count). The molecular weight excluding hydrogens is 244 g/mol. The fourth-order valence-corrected chi connectivity index (χ4v) is 3.53. The Morgan fingerprint density at radius 1 is 1.28 bits per heavy atom. The molecule has 1 heterocycles. The molecule has 1 fully saturated rings. The van der Waals surface area contributed by atoms with E-state index in [1.54, 1.807) is 11.8 Å². The second kappa shape index (κ2) is 6.29. The molecule has 106 valence electrons. The number of thioether (sulfide) groups is 1. The smallest absolute Gasteiger partial charge is 0.220 e. The van der Waals surface area contributed by atoms with Crippen LogP contribution in [-0.4, -0.2) is 35.0 Å². The Balaban J connectivity index is 2.44. The molecule has 2 N–H and O–H groups in total.